The fraction of sp³-hybridized carbons (Fsp3) is 0.929. The Morgan fingerprint density at radius 3 is 2.65 bits per heavy atom. The van der Waals surface area contributed by atoms with Crippen molar-refractivity contribution in [1.82, 2.24) is 10.2 Å². The monoisotopic (exact) mass is 238 g/mol. The summed E-state index contributed by atoms with van der Waals surface area (Å²) in [6.07, 6.45) is 5.21. The molecule has 1 N–H and O–H groups in total. The Morgan fingerprint density at radius 2 is 2.12 bits per heavy atom. The number of nitrogens with one attached hydrogen (secondary N) is 1. The zero-order valence-electron chi connectivity index (χ0n) is 11.4. The number of hydrogen-bond donors (Lipinski definition) is 1. The van der Waals surface area contributed by atoms with Gasteiger partial charge in [-0.05, 0) is 37.5 Å². The van der Waals surface area contributed by atoms with Crippen molar-refractivity contribution < 1.29 is 4.79 Å². The predicted molar refractivity (Wildman–Crippen MR) is 69.8 cm³/mol. The highest BCUT2D eigenvalue weighted by Gasteiger charge is 2.37. The third kappa shape index (κ3) is 3.44. The van der Waals surface area contributed by atoms with Crippen LogP contribution >= 0.6 is 0 Å². The molecule has 1 saturated heterocycles. The molecule has 1 aliphatic heterocycles. The van der Waals surface area contributed by atoms with Crippen LogP contribution in [0.4, 0.5) is 0 Å². The van der Waals surface area contributed by atoms with Crippen molar-refractivity contribution in [2.24, 2.45) is 11.8 Å². The molecule has 2 rings (SSSR count). The van der Waals surface area contributed by atoms with E-state index >= 15 is 0 Å². The Balaban J connectivity index is 1.94. The van der Waals surface area contributed by atoms with E-state index < -0.39 is 0 Å². The molecule has 17 heavy (non-hydrogen) atoms. The zero-order chi connectivity index (χ0) is 12.4. The Bertz CT molecular complexity index is 275. The Labute approximate surface area is 105 Å². The normalized spacial score (nSPS) is 32.2. The largest absolute Gasteiger partial charge is 0.352 e. The summed E-state index contributed by atoms with van der Waals surface area (Å²) in [5, 5.41) is 3.10. The molecule has 0 bridgehead atoms. The lowest BCUT2D eigenvalue weighted by atomic mass is 9.93. The first-order chi connectivity index (χ1) is 8.10. The lowest BCUT2D eigenvalue weighted by Gasteiger charge is -2.41. The fourth-order valence-corrected chi connectivity index (χ4v) is 3.43. The second-order valence-electron chi connectivity index (χ2n) is 6.01. The van der Waals surface area contributed by atoms with E-state index in [0.717, 1.165) is 24.9 Å². The van der Waals surface area contributed by atoms with Crippen LogP contribution in [0.25, 0.3) is 0 Å². The van der Waals surface area contributed by atoms with E-state index in [9.17, 15) is 4.79 Å². The van der Waals surface area contributed by atoms with Gasteiger partial charge in [0.25, 0.3) is 0 Å². The molecule has 3 nitrogen and oxygen atoms in total. The number of likely N-dealkylation sites (tertiary alicyclic amines) is 1. The minimum atomic E-state index is 0.114. The van der Waals surface area contributed by atoms with Gasteiger partial charge in [-0.1, -0.05) is 13.8 Å². The molecule has 0 aromatic carbocycles. The fourth-order valence-electron chi connectivity index (χ4n) is 3.43. The highest BCUT2D eigenvalue weighted by Crippen LogP contribution is 2.38. The van der Waals surface area contributed by atoms with E-state index in [2.05, 4.69) is 24.1 Å². The van der Waals surface area contributed by atoms with Crippen LogP contribution in [0.1, 0.15) is 46.5 Å². The molecule has 0 spiro atoms. The van der Waals surface area contributed by atoms with Gasteiger partial charge in [-0.15, -0.1) is 0 Å². The Morgan fingerprint density at radius 1 is 1.41 bits per heavy atom. The van der Waals surface area contributed by atoms with Crippen LogP contribution in [-0.2, 0) is 4.79 Å². The van der Waals surface area contributed by atoms with E-state index in [-0.39, 0.29) is 5.91 Å². The van der Waals surface area contributed by atoms with Crippen LogP contribution in [0.3, 0.4) is 0 Å². The summed E-state index contributed by atoms with van der Waals surface area (Å²) in [6, 6.07) is 1.12. The van der Waals surface area contributed by atoms with Gasteiger partial charge in [0.2, 0.25) is 5.91 Å². The summed E-state index contributed by atoms with van der Waals surface area (Å²) in [6.45, 7) is 8.50. The van der Waals surface area contributed by atoms with Gasteiger partial charge in [0.1, 0.15) is 0 Å². The van der Waals surface area contributed by atoms with E-state index in [4.69, 9.17) is 0 Å². The smallest absolute Gasteiger partial charge is 0.217 e. The van der Waals surface area contributed by atoms with Crippen LogP contribution in [0.15, 0.2) is 0 Å². The van der Waals surface area contributed by atoms with Gasteiger partial charge in [-0.3, -0.25) is 9.69 Å². The number of hydrogen-bond acceptors (Lipinski definition) is 2. The molecule has 3 unspecified atom stereocenters. The maximum atomic E-state index is 11.2. The predicted octanol–water partition coefficient (Wildman–Crippen LogP) is 2.02. The van der Waals surface area contributed by atoms with Gasteiger partial charge in [-0.25, -0.2) is 0 Å². The first-order valence-electron chi connectivity index (χ1n) is 7.11. The van der Waals surface area contributed by atoms with Crippen molar-refractivity contribution in [2.75, 3.05) is 13.1 Å². The first kappa shape index (κ1) is 12.9. The van der Waals surface area contributed by atoms with Crippen LogP contribution < -0.4 is 5.32 Å². The molecule has 2 fully saturated rings. The highest BCUT2D eigenvalue weighted by molar-refractivity contribution is 5.73. The molecule has 1 amide bonds. The summed E-state index contributed by atoms with van der Waals surface area (Å²) >= 11 is 0. The van der Waals surface area contributed by atoms with Gasteiger partial charge < -0.3 is 5.32 Å². The number of carbonyl (C=O) groups is 1. The molecule has 1 aliphatic carbocycles. The second-order valence-corrected chi connectivity index (χ2v) is 6.01. The van der Waals surface area contributed by atoms with E-state index in [1.54, 1.807) is 6.92 Å². The van der Waals surface area contributed by atoms with Gasteiger partial charge >= 0.3 is 0 Å². The van der Waals surface area contributed by atoms with Crippen molar-refractivity contribution in [3.05, 3.63) is 0 Å². The number of amides is 1. The first-order valence-corrected chi connectivity index (χ1v) is 7.11. The summed E-state index contributed by atoms with van der Waals surface area (Å²) in [7, 11) is 0. The molecular formula is C14H26N2O. The molecule has 3 heteroatoms. The van der Waals surface area contributed by atoms with Crippen molar-refractivity contribution in [1.29, 1.82) is 0 Å². The average molecular weight is 238 g/mol. The zero-order valence-corrected chi connectivity index (χ0v) is 11.4. The summed E-state index contributed by atoms with van der Waals surface area (Å²) in [5.74, 6) is 1.75. The number of carbonyl (C=O) groups excluding carboxylic acids is 1. The van der Waals surface area contributed by atoms with E-state index in [1.807, 2.05) is 0 Å². The van der Waals surface area contributed by atoms with Gasteiger partial charge in [0.15, 0.2) is 0 Å². The molecule has 98 valence electrons. The van der Waals surface area contributed by atoms with Crippen LogP contribution in [0.5, 0.6) is 0 Å². The standard InChI is InChI=1S/C14H26N2O/c1-4-14(12-5-6-12)16-8-10(2)7-13(9-16)15-11(3)17/h10,12-14H,4-9H2,1-3H3,(H,15,17). The Kier molecular flexibility index (Phi) is 4.08. The second kappa shape index (κ2) is 5.38. The highest BCUT2D eigenvalue weighted by atomic mass is 16.1. The minimum Gasteiger partial charge on any atom is -0.352 e. The number of rotatable bonds is 4. The third-order valence-electron chi connectivity index (χ3n) is 4.15. The molecule has 0 aromatic rings. The molecule has 3 atom stereocenters. The minimum absolute atomic E-state index is 0.114. The van der Waals surface area contributed by atoms with Gasteiger partial charge in [-0.2, -0.15) is 0 Å². The van der Waals surface area contributed by atoms with E-state index in [1.165, 1.54) is 25.8 Å². The van der Waals surface area contributed by atoms with Crippen LogP contribution in [0, 0.1) is 11.8 Å². The molecule has 1 heterocycles. The number of nitrogens with zero attached hydrogens (tertiary/aromatic N) is 1. The van der Waals surface area contributed by atoms with Crippen molar-refractivity contribution in [3.8, 4) is 0 Å². The summed E-state index contributed by atoms with van der Waals surface area (Å²) in [5.41, 5.74) is 0. The number of piperidine rings is 1. The van der Waals surface area contributed by atoms with Crippen molar-refractivity contribution in [2.45, 2.75) is 58.5 Å². The third-order valence-corrected chi connectivity index (χ3v) is 4.15. The Hall–Kier alpha value is -0.570. The van der Waals surface area contributed by atoms with Crippen molar-refractivity contribution in [3.63, 3.8) is 0 Å². The maximum absolute atomic E-state index is 11.2. The van der Waals surface area contributed by atoms with E-state index in [0.29, 0.717) is 12.0 Å². The molecule has 0 radical (unpaired) electrons. The summed E-state index contributed by atoms with van der Waals surface area (Å²) in [4.78, 5) is 13.8. The molecule has 0 aromatic heterocycles. The maximum Gasteiger partial charge on any atom is 0.217 e. The van der Waals surface area contributed by atoms with Crippen LogP contribution in [0.2, 0.25) is 0 Å². The average Bonchev–Trinajstić information content (AvgIpc) is 3.01. The molecule has 1 saturated carbocycles. The van der Waals surface area contributed by atoms with Gasteiger partial charge in [0, 0.05) is 32.1 Å². The quantitative estimate of drug-likeness (QED) is 0.812. The SMILES string of the molecule is CCC(C1CC1)N1CC(C)CC(NC(C)=O)C1. The lowest BCUT2D eigenvalue weighted by molar-refractivity contribution is -0.120. The molecule has 2 aliphatic rings. The summed E-state index contributed by atoms with van der Waals surface area (Å²) < 4.78 is 0. The lowest BCUT2D eigenvalue weighted by Crippen LogP contribution is -2.53. The topological polar surface area (TPSA) is 32.3 Å². The van der Waals surface area contributed by atoms with Crippen LogP contribution in [-0.4, -0.2) is 36.0 Å². The molecular weight excluding hydrogens is 212 g/mol. The van der Waals surface area contributed by atoms with Gasteiger partial charge in [0.05, 0.1) is 0 Å². The van der Waals surface area contributed by atoms with Crippen molar-refractivity contribution >= 4 is 5.91 Å².